The fourth-order valence-corrected chi connectivity index (χ4v) is 2.00. The lowest BCUT2D eigenvalue weighted by molar-refractivity contribution is -0.138. The van der Waals surface area contributed by atoms with Crippen LogP contribution in [0.25, 0.3) is 0 Å². The molecule has 0 aliphatic carbocycles. The average Bonchev–Trinajstić information content (AvgIpc) is 2.13. The summed E-state index contributed by atoms with van der Waals surface area (Å²) in [5.74, 6) is -0.271. The van der Waals surface area contributed by atoms with Crippen molar-refractivity contribution in [2.45, 2.75) is 39.8 Å². The van der Waals surface area contributed by atoms with Gasteiger partial charge >= 0.3 is 6.18 Å². The van der Waals surface area contributed by atoms with E-state index in [1.165, 1.54) is 12.1 Å². The van der Waals surface area contributed by atoms with Crippen LogP contribution < -0.4 is 0 Å². The number of hydrogen-bond donors (Lipinski definition) is 0. The monoisotopic (exact) mass is 264 g/mol. The summed E-state index contributed by atoms with van der Waals surface area (Å²) in [6.07, 6.45) is -4.36. The second kappa shape index (κ2) is 4.52. The molecule has 1 atom stereocenters. The molecule has 0 saturated heterocycles. The van der Waals surface area contributed by atoms with E-state index in [0.29, 0.717) is 0 Å². The molecule has 0 nitrogen and oxygen atoms in total. The Kier molecular flexibility index (Phi) is 3.82. The molecule has 0 fully saturated rings. The van der Waals surface area contributed by atoms with E-state index in [2.05, 4.69) is 0 Å². The lowest BCUT2D eigenvalue weighted by Crippen LogP contribution is -2.20. The molecule has 0 heterocycles. The molecular weight excluding hydrogens is 249 g/mol. The first-order valence-electron chi connectivity index (χ1n) is 5.40. The highest BCUT2D eigenvalue weighted by Gasteiger charge is 2.37. The van der Waals surface area contributed by atoms with Crippen molar-refractivity contribution < 1.29 is 13.2 Å². The Balaban J connectivity index is 3.41. The summed E-state index contributed by atoms with van der Waals surface area (Å²) in [4.78, 5) is 0. The van der Waals surface area contributed by atoms with Crippen LogP contribution in [0.15, 0.2) is 18.2 Å². The molecule has 0 saturated carbocycles. The van der Waals surface area contributed by atoms with Crippen LogP contribution in [0.3, 0.4) is 0 Å². The molecule has 1 aromatic rings. The summed E-state index contributed by atoms with van der Waals surface area (Å²) in [6, 6.07) is 3.93. The minimum Gasteiger partial charge on any atom is -0.166 e. The molecule has 0 spiro atoms. The second-order valence-corrected chi connectivity index (χ2v) is 5.69. The number of alkyl halides is 3. The minimum absolute atomic E-state index is 0.183. The van der Waals surface area contributed by atoms with E-state index in [1.807, 2.05) is 20.8 Å². The van der Waals surface area contributed by atoms with Crippen LogP contribution in [0.4, 0.5) is 13.2 Å². The van der Waals surface area contributed by atoms with Crippen LogP contribution >= 0.6 is 11.6 Å². The van der Waals surface area contributed by atoms with Crippen LogP contribution in [0.2, 0.25) is 5.02 Å². The van der Waals surface area contributed by atoms with Crippen LogP contribution in [0.1, 0.15) is 44.7 Å². The molecule has 0 radical (unpaired) electrons. The molecular formula is C13H16ClF3. The summed E-state index contributed by atoms with van der Waals surface area (Å²) in [7, 11) is 0. The average molecular weight is 265 g/mol. The van der Waals surface area contributed by atoms with E-state index in [1.54, 1.807) is 6.92 Å². The van der Waals surface area contributed by atoms with Crippen molar-refractivity contribution in [3.8, 4) is 0 Å². The van der Waals surface area contributed by atoms with Crippen molar-refractivity contribution in [2.24, 2.45) is 5.41 Å². The molecule has 0 bridgehead atoms. The Bertz CT molecular complexity index is 402. The number of hydrogen-bond acceptors (Lipinski definition) is 0. The van der Waals surface area contributed by atoms with Gasteiger partial charge in [0.15, 0.2) is 0 Å². The zero-order valence-electron chi connectivity index (χ0n) is 10.3. The number of rotatable bonds is 1. The van der Waals surface area contributed by atoms with Gasteiger partial charge in [-0.3, -0.25) is 0 Å². The van der Waals surface area contributed by atoms with Gasteiger partial charge in [0.2, 0.25) is 0 Å². The molecule has 0 aromatic heterocycles. The zero-order chi connectivity index (χ0) is 13.4. The van der Waals surface area contributed by atoms with Gasteiger partial charge in [-0.25, -0.2) is 0 Å². The van der Waals surface area contributed by atoms with Gasteiger partial charge in [0.05, 0.1) is 5.56 Å². The maximum absolute atomic E-state index is 12.9. The summed E-state index contributed by atoms with van der Waals surface area (Å²) in [5, 5.41) is 0.183. The first-order valence-corrected chi connectivity index (χ1v) is 5.78. The van der Waals surface area contributed by atoms with Gasteiger partial charge in [-0.2, -0.15) is 13.2 Å². The van der Waals surface area contributed by atoms with Crippen LogP contribution in [-0.2, 0) is 6.18 Å². The van der Waals surface area contributed by atoms with Gasteiger partial charge in [-0.05, 0) is 29.0 Å². The highest BCUT2D eigenvalue weighted by atomic mass is 35.5. The van der Waals surface area contributed by atoms with Crippen LogP contribution in [0, 0.1) is 5.41 Å². The van der Waals surface area contributed by atoms with Crippen molar-refractivity contribution in [3.05, 3.63) is 34.3 Å². The highest BCUT2D eigenvalue weighted by Crippen LogP contribution is 2.44. The van der Waals surface area contributed by atoms with Gasteiger partial charge in [0, 0.05) is 5.02 Å². The predicted octanol–water partition coefficient (Wildman–Crippen LogP) is 5.51. The van der Waals surface area contributed by atoms with Gasteiger partial charge < -0.3 is 0 Å². The Morgan fingerprint density at radius 3 is 2.06 bits per heavy atom. The summed E-state index contributed by atoms with van der Waals surface area (Å²) < 4.78 is 38.8. The third-order valence-electron chi connectivity index (χ3n) is 3.09. The molecule has 96 valence electrons. The van der Waals surface area contributed by atoms with Gasteiger partial charge in [-0.1, -0.05) is 45.4 Å². The van der Waals surface area contributed by atoms with E-state index in [9.17, 15) is 13.2 Å². The van der Waals surface area contributed by atoms with E-state index >= 15 is 0 Å². The van der Waals surface area contributed by atoms with Crippen molar-refractivity contribution in [2.75, 3.05) is 0 Å². The first-order chi connectivity index (χ1) is 7.55. The van der Waals surface area contributed by atoms with E-state index < -0.39 is 11.7 Å². The molecule has 4 heteroatoms. The molecule has 0 N–H and O–H groups in total. The topological polar surface area (TPSA) is 0 Å². The fraction of sp³-hybridized carbons (Fsp3) is 0.538. The normalized spacial score (nSPS) is 14.8. The van der Waals surface area contributed by atoms with Crippen LogP contribution in [0.5, 0.6) is 0 Å². The Hall–Kier alpha value is -0.700. The van der Waals surface area contributed by atoms with Crippen molar-refractivity contribution in [1.29, 1.82) is 0 Å². The molecule has 1 rings (SSSR count). The Labute approximate surface area is 105 Å². The lowest BCUT2D eigenvalue weighted by atomic mass is 9.76. The van der Waals surface area contributed by atoms with Gasteiger partial charge in [0.25, 0.3) is 0 Å². The first kappa shape index (κ1) is 14.4. The standard InChI is InChI=1S/C13H16ClF3/c1-8(12(2,3)4)11-9(13(15,16)17)6-5-7-10(11)14/h5-8H,1-4H3. The molecule has 1 unspecified atom stereocenters. The van der Waals surface area contributed by atoms with Gasteiger partial charge in [0.1, 0.15) is 0 Å². The zero-order valence-corrected chi connectivity index (χ0v) is 11.1. The maximum Gasteiger partial charge on any atom is 0.416 e. The summed E-state index contributed by atoms with van der Waals surface area (Å²) in [5.41, 5.74) is -0.716. The third kappa shape index (κ3) is 3.15. The number of halogens is 4. The van der Waals surface area contributed by atoms with Crippen molar-refractivity contribution in [3.63, 3.8) is 0 Å². The predicted molar refractivity (Wildman–Crippen MR) is 64.3 cm³/mol. The SMILES string of the molecule is CC(c1c(Cl)cccc1C(F)(F)F)C(C)(C)C. The number of benzene rings is 1. The van der Waals surface area contributed by atoms with Gasteiger partial charge in [-0.15, -0.1) is 0 Å². The maximum atomic E-state index is 12.9. The molecule has 0 aliphatic heterocycles. The summed E-state index contributed by atoms with van der Waals surface area (Å²) >= 11 is 5.94. The second-order valence-electron chi connectivity index (χ2n) is 5.29. The molecule has 1 aromatic carbocycles. The van der Waals surface area contributed by atoms with Crippen molar-refractivity contribution in [1.82, 2.24) is 0 Å². The van der Waals surface area contributed by atoms with E-state index in [4.69, 9.17) is 11.6 Å². The molecule has 0 aliphatic rings. The minimum atomic E-state index is -4.36. The van der Waals surface area contributed by atoms with Crippen molar-refractivity contribution >= 4 is 11.6 Å². The molecule has 0 amide bonds. The lowest BCUT2D eigenvalue weighted by Gasteiger charge is -2.30. The summed E-state index contributed by atoms with van der Waals surface area (Å²) in [6.45, 7) is 7.49. The van der Waals surface area contributed by atoms with E-state index in [0.717, 1.165) is 6.07 Å². The Morgan fingerprint density at radius 1 is 1.12 bits per heavy atom. The smallest absolute Gasteiger partial charge is 0.166 e. The van der Waals surface area contributed by atoms with Crippen LogP contribution in [-0.4, -0.2) is 0 Å². The fourth-order valence-electron chi connectivity index (χ4n) is 1.66. The highest BCUT2D eigenvalue weighted by molar-refractivity contribution is 6.31. The van der Waals surface area contributed by atoms with E-state index in [-0.39, 0.29) is 21.9 Å². The largest absolute Gasteiger partial charge is 0.416 e. The Morgan fingerprint density at radius 2 is 1.65 bits per heavy atom. The third-order valence-corrected chi connectivity index (χ3v) is 3.42. The quantitative estimate of drug-likeness (QED) is 0.627. The molecule has 17 heavy (non-hydrogen) atoms.